The second-order valence-electron chi connectivity index (χ2n) is 7.86. The van der Waals surface area contributed by atoms with E-state index in [1.54, 1.807) is 7.11 Å². The number of nitrogens with zero attached hydrogens (tertiary/aromatic N) is 1. The maximum atomic E-state index is 11.6. The number of carboxylic acids is 1. The third-order valence-electron chi connectivity index (χ3n) is 5.64. The molecule has 1 aliphatic carbocycles. The standard InChI is InChI=1S/C17H31NO3/c1-17(2,3)12-5-6-14(16(19)20)15(11-12)18-9-7-13(21-4)8-10-18/h12-15H,5-11H2,1-4H3,(H,19,20). The summed E-state index contributed by atoms with van der Waals surface area (Å²) in [4.78, 5) is 14.1. The summed E-state index contributed by atoms with van der Waals surface area (Å²) in [5, 5.41) is 9.58. The zero-order valence-electron chi connectivity index (χ0n) is 14.0. The minimum atomic E-state index is -0.610. The molecular weight excluding hydrogens is 266 g/mol. The van der Waals surface area contributed by atoms with E-state index in [-0.39, 0.29) is 17.4 Å². The zero-order chi connectivity index (χ0) is 15.6. The molecule has 1 N–H and O–H groups in total. The second kappa shape index (κ2) is 6.66. The van der Waals surface area contributed by atoms with Crippen molar-refractivity contribution in [2.45, 2.75) is 65.0 Å². The third kappa shape index (κ3) is 3.98. The summed E-state index contributed by atoms with van der Waals surface area (Å²) in [6.45, 7) is 8.81. The normalized spacial score (nSPS) is 33.0. The molecule has 21 heavy (non-hydrogen) atoms. The van der Waals surface area contributed by atoms with Gasteiger partial charge in [0.05, 0.1) is 12.0 Å². The van der Waals surface area contributed by atoms with Crippen LogP contribution in [0.2, 0.25) is 0 Å². The average Bonchev–Trinajstić information content (AvgIpc) is 2.45. The molecule has 3 unspecified atom stereocenters. The number of ether oxygens (including phenoxy) is 1. The quantitative estimate of drug-likeness (QED) is 0.870. The van der Waals surface area contributed by atoms with Crippen molar-refractivity contribution in [3.63, 3.8) is 0 Å². The molecule has 4 nitrogen and oxygen atoms in total. The summed E-state index contributed by atoms with van der Waals surface area (Å²) < 4.78 is 5.43. The molecule has 0 bridgehead atoms. The highest BCUT2D eigenvalue weighted by Gasteiger charge is 2.42. The van der Waals surface area contributed by atoms with Gasteiger partial charge in [0, 0.05) is 26.2 Å². The monoisotopic (exact) mass is 297 g/mol. The van der Waals surface area contributed by atoms with Crippen LogP contribution in [0, 0.1) is 17.3 Å². The molecule has 0 amide bonds. The van der Waals surface area contributed by atoms with E-state index >= 15 is 0 Å². The number of methoxy groups -OCH3 is 1. The van der Waals surface area contributed by atoms with Crippen LogP contribution in [0.3, 0.4) is 0 Å². The van der Waals surface area contributed by atoms with Gasteiger partial charge >= 0.3 is 5.97 Å². The molecule has 2 fully saturated rings. The molecule has 2 aliphatic rings. The lowest BCUT2D eigenvalue weighted by molar-refractivity contribution is -0.147. The van der Waals surface area contributed by atoms with Crippen molar-refractivity contribution in [1.82, 2.24) is 4.90 Å². The van der Waals surface area contributed by atoms with Gasteiger partial charge in [-0.3, -0.25) is 9.69 Å². The largest absolute Gasteiger partial charge is 0.481 e. The summed E-state index contributed by atoms with van der Waals surface area (Å²) in [7, 11) is 1.77. The van der Waals surface area contributed by atoms with E-state index in [0.29, 0.717) is 12.0 Å². The molecule has 122 valence electrons. The molecule has 0 aromatic carbocycles. The van der Waals surface area contributed by atoms with Gasteiger partial charge in [0.1, 0.15) is 0 Å². The topological polar surface area (TPSA) is 49.8 Å². The molecule has 2 rings (SSSR count). The van der Waals surface area contributed by atoms with E-state index in [4.69, 9.17) is 4.74 Å². The number of piperidine rings is 1. The fraction of sp³-hybridized carbons (Fsp3) is 0.941. The fourth-order valence-electron chi connectivity index (χ4n) is 4.07. The van der Waals surface area contributed by atoms with Gasteiger partial charge in [0.15, 0.2) is 0 Å². The van der Waals surface area contributed by atoms with Crippen molar-refractivity contribution >= 4 is 5.97 Å². The summed E-state index contributed by atoms with van der Waals surface area (Å²) >= 11 is 0. The number of likely N-dealkylation sites (tertiary alicyclic amines) is 1. The Balaban J connectivity index is 2.06. The van der Waals surface area contributed by atoms with E-state index in [2.05, 4.69) is 25.7 Å². The van der Waals surface area contributed by atoms with Crippen LogP contribution in [-0.4, -0.2) is 48.3 Å². The predicted octanol–water partition coefficient (Wildman–Crippen LogP) is 3.01. The van der Waals surface area contributed by atoms with Gasteiger partial charge in [0.25, 0.3) is 0 Å². The van der Waals surface area contributed by atoms with Crippen molar-refractivity contribution in [1.29, 1.82) is 0 Å². The number of aliphatic carboxylic acids is 1. The molecular formula is C17H31NO3. The Kier molecular flexibility index (Phi) is 5.31. The predicted molar refractivity (Wildman–Crippen MR) is 83.3 cm³/mol. The third-order valence-corrected chi connectivity index (χ3v) is 5.64. The van der Waals surface area contributed by atoms with Crippen molar-refractivity contribution in [3.05, 3.63) is 0 Å². The van der Waals surface area contributed by atoms with Gasteiger partial charge in [-0.05, 0) is 43.4 Å². The summed E-state index contributed by atoms with van der Waals surface area (Å²) in [6.07, 6.45) is 5.31. The molecule has 0 aromatic rings. The number of hydrogen-bond acceptors (Lipinski definition) is 3. The van der Waals surface area contributed by atoms with Crippen LogP contribution in [0.4, 0.5) is 0 Å². The van der Waals surface area contributed by atoms with Crippen molar-refractivity contribution in [2.75, 3.05) is 20.2 Å². The van der Waals surface area contributed by atoms with Crippen LogP contribution < -0.4 is 0 Å². The second-order valence-corrected chi connectivity index (χ2v) is 7.86. The maximum Gasteiger partial charge on any atom is 0.308 e. The molecule has 1 saturated heterocycles. The number of carboxylic acid groups (broad SMARTS) is 1. The number of hydrogen-bond donors (Lipinski definition) is 1. The molecule has 3 atom stereocenters. The first-order valence-corrected chi connectivity index (χ1v) is 8.32. The summed E-state index contributed by atoms with van der Waals surface area (Å²) in [5.41, 5.74) is 0.270. The average molecular weight is 297 g/mol. The molecule has 0 spiro atoms. The minimum Gasteiger partial charge on any atom is -0.481 e. The van der Waals surface area contributed by atoms with Gasteiger partial charge in [-0.15, -0.1) is 0 Å². The smallest absolute Gasteiger partial charge is 0.308 e. The molecule has 1 aliphatic heterocycles. The van der Waals surface area contributed by atoms with Crippen LogP contribution in [0.5, 0.6) is 0 Å². The highest BCUT2D eigenvalue weighted by Crippen LogP contribution is 2.42. The Bertz CT molecular complexity index is 356. The van der Waals surface area contributed by atoms with Crippen molar-refractivity contribution < 1.29 is 14.6 Å². The van der Waals surface area contributed by atoms with Crippen LogP contribution >= 0.6 is 0 Å². The Morgan fingerprint density at radius 2 is 1.76 bits per heavy atom. The lowest BCUT2D eigenvalue weighted by Gasteiger charge is -2.46. The highest BCUT2D eigenvalue weighted by atomic mass is 16.5. The first kappa shape index (κ1) is 16.8. The Hall–Kier alpha value is -0.610. The van der Waals surface area contributed by atoms with E-state index in [1.165, 1.54) is 0 Å². The van der Waals surface area contributed by atoms with Gasteiger partial charge in [0.2, 0.25) is 0 Å². The highest BCUT2D eigenvalue weighted by molar-refractivity contribution is 5.71. The van der Waals surface area contributed by atoms with E-state index in [9.17, 15) is 9.90 Å². The first-order valence-electron chi connectivity index (χ1n) is 8.32. The molecule has 0 radical (unpaired) electrons. The number of rotatable bonds is 3. The SMILES string of the molecule is COC1CCN(C2CC(C(C)(C)C)CCC2C(=O)O)CC1. The van der Waals surface area contributed by atoms with Gasteiger partial charge in [-0.25, -0.2) is 0 Å². The van der Waals surface area contributed by atoms with Gasteiger partial charge in [-0.1, -0.05) is 20.8 Å². The van der Waals surface area contributed by atoms with Crippen molar-refractivity contribution in [3.8, 4) is 0 Å². The molecule has 4 heteroatoms. The lowest BCUT2D eigenvalue weighted by atomic mass is 9.67. The number of carbonyl (C=O) groups is 1. The zero-order valence-corrected chi connectivity index (χ0v) is 14.0. The van der Waals surface area contributed by atoms with E-state index < -0.39 is 5.97 Å². The fourth-order valence-corrected chi connectivity index (χ4v) is 4.07. The maximum absolute atomic E-state index is 11.6. The van der Waals surface area contributed by atoms with Gasteiger partial charge < -0.3 is 9.84 Å². The minimum absolute atomic E-state index is 0.192. The first-order chi connectivity index (χ1) is 9.82. The molecule has 1 heterocycles. The summed E-state index contributed by atoms with van der Waals surface area (Å²) in [6, 6.07) is 0.207. The van der Waals surface area contributed by atoms with E-state index in [1.807, 2.05) is 0 Å². The Morgan fingerprint density at radius 1 is 1.14 bits per heavy atom. The van der Waals surface area contributed by atoms with Crippen LogP contribution in [0.25, 0.3) is 0 Å². The van der Waals surface area contributed by atoms with Crippen LogP contribution in [0.15, 0.2) is 0 Å². The van der Waals surface area contributed by atoms with Crippen LogP contribution in [-0.2, 0) is 9.53 Å². The Labute approximate surface area is 128 Å². The summed E-state index contributed by atoms with van der Waals surface area (Å²) in [5.74, 6) is -0.179. The lowest BCUT2D eigenvalue weighted by Crippen LogP contribution is -2.52. The molecule has 1 saturated carbocycles. The van der Waals surface area contributed by atoms with Crippen molar-refractivity contribution in [2.24, 2.45) is 17.3 Å². The van der Waals surface area contributed by atoms with Gasteiger partial charge in [-0.2, -0.15) is 0 Å². The Morgan fingerprint density at radius 3 is 2.24 bits per heavy atom. The van der Waals surface area contributed by atoms with Crippen LogP contribution in [0.1, 0.15) is 52.9 Å². The van der Waals surface area contributed by atoms with E-state index in [0.717, 1.165) is 45.2 Å². The molecule has 0 aromatic heterocycles.